The molecule has 0 amide bonds. The van der Waals surface area contributed by atoms with Crippen LogP contribution in [0.1, 0.15) is 54.9 Å². The molecule has 3 aromatic rings. The van der Waals surface area contributed by atoms with Crippen LogP contribution in [0.2, 0.25) is 0 Å². The molecule has 0 bridgehead atoms. The fourth-order valence-electron chi connectivity index (χ4n) is 4.47. The number of likely N-dealkylation sites (tertiary alicyclic amines) is 1. The average molecular weight is 396 g/mol. The van der Waals surface area contributed by atoms with Gasteiger partial charge < -0.3 is 0 Å². The molecule has 154 valence electrons. The lowest BCUT2D eigenvalue weighted by molar-refractivity contribution is 0.248. The highest BCUT2D eigenvalue weighted by Gasteiger charge is 2.19. The molecule has 0 spiro atoms. The van der Waals surface area contributed by atoms with E-state index in [-0.39, 0.29) is 0 Å². The van der Waals surface area contributed by atoms with Crippen molar-refractivity contribution in [2.75, 3.05) is 13.1 Å². The van der Waals surface area contributed by atoms with Gasteiger partial charge in [-0.3, -0.25) is 4.90 Å². The van der Waals surface area contributed by atoms with Crippen molar-refractivity contribution >= 4 is 5.57 Å². The molecule has 0 radical (unpaired) electrons. The van der Waals surface area contributed by atoms with Gasteiger partial charge in [-0.1, -0.05) is 104 Å². The van der Waals surface area contributed by atoms with Crippen molar-refractivity contribution in [3.63, 3.8) is 0 Å². The first-order valence-corrected chi connectivity index (χ1v) is 11.5. The molecule has 30 heavy (non-hydrogen) atoms. The molecule has 0 aliphatic carbocycles. The monoisotopic (exact) mass is 395 g/mol. The molecule has 0 aromatic heterocycles. The molecule has 1 heterocycles. The van der Waals surface area contributed by atoms with Gasteiger partial charge in [-0.05, 0) is 53.5 Å². The summed E-state index contributed by atoms with van der Waals surface area (Å²) in [6.07, 6.45) is 6.04. The maximum atomic E-state index is 2.61. The fourth-order valence-corrected chi connectivity index (χ4v) is 4.47. The lowest BCUT2D eigenvalue weighted by atomic mass is 9.88. The Morgan fingerprint density at radius 3 is 1.77 bits per heavy atom. The molecule has 4 rings (SSSR count). The van der Waals surface area contributed by atoms with Crippen molar-refractivity contribution in [2.45, 2.75) is 45.6 Å². The van der Waals surface area contributed by atoms with Crippen molar-refractivity contribution in [1.29, 1.82) is 0 Å². The normalized spacial score (nSPS) is 14.6. The predicted molar refractivity (Wildman–Crippen MR) is 128 cm³/mol. The molecule has 0 atom stereocenters. The molecule has 0 unspecified atom stereocenters. The number of hydrogen-bond acceptors (Lipinski definition) is 1. The van der Waals surface area contributed by atoms with E-state index < -0.39 is 0 Å². The second-order valence-corrected chi connectivity index (χ2v) is 8.41. The van der Waals surface area contributed by atoms with Crippen LogP contribution in [0, 0.1) is 0 Å². The van der Waals surface area contributed by atoms with E-state index in [2.05, 4.69) is 96.8 Å². The maximum absolute atomic E-state index is 2.61. The number of nitrogens with zero attached hydrogens (tertiary/aromatic N) is 1. The standard InChI is InChI=1S/C29H33N/c1-2-3-10-24-15-17-25(18-16-24)23-30-21-19-28(20-22-30)29(26-11-6-4-7-12-26)27-13-8-5-9-14-27/h4-9,11-18H,2-3,10,19-23H2,1H3. The number of rotatable bonds is 7. The lowest BCUT2D eigenvalue weighted by Crippen LogP contribution is -2.30. The average Bonchev–Trinajstić information content (AvgIpc) is 2.81. The van der Waals surface area contributed by atoms with Crippen LogP contribution < -0.4 is 0 Å². The van der Waals surface area contributed by atoms with Crippen molar-refractivity contribution in [2.24, 2.45) is 0 Å². The largest absolute Gasteiger partial charge is 0.298 e. The topological polar surface area (TPSA) is 3.24 Å². The van der Waals surface area contributed by atoms with Crippen molar-refractivity contribution in [1.82, 2.24) is 4.90 Å². The van der Waals surface area contributed by atoms with Crippen molar-refractivity contribution in [3.8, 4) is 0 Å². The van der Waals surface area contributed by atoms with Crippen LogP contribution in [-0.4, -0.2) is 18.0 Å². The highest BCUT2D eigenvalue weighted by Crippen LogP contribution is 2.32. The molecular formula is C29H33N. The Bertz CT molecular complexity index is 887. The minimum Gasteiger partial charge on any atom is -0.298 e. The Balaban J connectivity index is 1.46. The SMILES string of the molecule is CCCCc1ccc(CN2CCC(=C(c3ccccc3)c3ccccc3)CC2)cc1. The summed E-state index contributed by atoms with van der Waals surface area (Å²) >= 11 is 0. The zero-order valence-corrected chi connectivity index (χ0v) is 18.2. The molecule has 1 saturated heterocycles. The first-order chi connectivity index (χ1) is 14.8. The summed E-state index contributed by atoms with van der Waals surface area (Å²) in [5.41, 5.74) is 8.63. The van der Waals surface area contributed by atoms with E-state index in [0.717, 1.165) is 32.5 Å². The third-order valence-electron chi connectivity index (χ3n) is 6.19. The summed E-state index contributed by atoms with van der Waals surface area (Å²) in [4.78, 5) is 2.61. The maximum Gasteiger partial charge on any atom is 0.0233 e. The van der Waals surface area contributed by atoms with Crippen LogP contribution in [0.5, 0.6) is 0 Å². The van der Waals surface area contributed by atoms with E-state index in [1.165, 1.54) is 47.1 Å². The Kier molecular flexibility index (Phi) is 7.16. The first-order valence-electron chi connectivity index (χ1n) is 11.5. The van der Waals surface area contributed by atoms with Crippen LogP contribution in [0.4, 0.5) is 0 Å². The van der Waals surface area contributed by atoms with Gasteiger partial charge >= 0.3 is 0 Å². The van der Waals surface area contributed by atoms with E-state index in [1.807, 2.05) is 0 Å². The summed E-state index contributed by atoms with van der Waals surface area (Å²) < 4.78 is 0. The van der Waals surface area contributed by atoms with Crippen LogP contribution in [-0.2, 0) is 13.0 Å². The molecule has 1 heteroatoms. The minimum atomic E-state index is 1.06. The number of piperidine rings is 1. The van der Waals surface area contributed by atoms with E-state index in [9.17, 15) is 0 Å². The van der Waals surface area contributed by atoms with Gasteiger partial charge in [0.1, 0.15) is 0 Å². The Labute approximate surface area is 182 Å². The molecule has 1 aliphatic rings. The van der Waals surface area contributed by atoms with Gasteiger partial charge in [-0.2, -0.15) is 0 Å². The van der Waals surface area contributed by atoms with Crippen LogP contribution >= 0.6 is 0 Å². The summed E-state index contributed by atoms with van der Waals surface area (Å²) in [7, 11) is 0. The molecule has 1 nitrogen and oxygen atoms in total. The summed E-state index contributed by atoms with van der Waals surface area (Å²) in [5.74, 6) is 0. The fraction of sp³-hybridized carbons (Fsp3) is 0.310. The summed E-state index contributed by atoms with van der Waals surface area (Å²) in [6, 6.07) is 31.1. The lowest BCUT2D eigenvalue weighted by Gasteiger charge is -2.30. The zero-order chi connectivity index (χ0) is 20.6. The Morgan fingerprint density at radius 1 is 0.700 bits per heavy atom. The van der Waals surface area contributed by atoms with Crippen LogP contribution in [0.25, 0.3) is 5.57 Å². The predicted octanol–water partition coefficient (Wildman–Crippen LogP) is 7.13. The first kappa shape index (κ1) is 20.6. The molecule has 0 saturated carbocycles. The van der Waals surface area contributed by atoms with E-state index in [1.54, 1.807) is 5.57 Å². The second-order valence-electron chi connectivity index (χ2n) is 8.41. The number of unbranched alkanes of at least 4 members (excludes halogenated alkanes) is 1. The quantitative estimate of drug-likeness (QED) is 0.411. The minimum absolute atomic E-state index is 1.06. The highest BCUT2D eigenvalue weighted by molar-refractivity contribution is 5.82. The Morgan fingerprint density at radius 2 is 1.23 bits per heavy atom. The summed E-state index contributed by atoms with van der Waals surface area (Å²) in [5, 5.41) is 0. The number of hydrogen-bond donors (Lipinski definition) is 0. The van der Waals surface area contributed by atoms with Crippen molar-refractivity contribution < 1.29 is 0 Å². The van der Waals surface area contributed by atoms with E-state index in [4.69, 9.17) is 0 Å². The van der Waals surface area contributed by atoms with Gasteiger partial charge in [0, 0.05) is 19.6 Å². The summed E-state index contributed by atoms with van der Waals surface area (Å²) in [6.45, 7) is 5.59. The smallest absolute Gasteiger partial charge is 0.0233 e. The van der Waals surface area contributed by atoms with Gasteiger partial charge in [0.2, 0.25) is 0 Å². The molecular weight excluding hydrogens is 362 g/mol. The van der Waals surface area contributed by atoms with Gasteiger partial charge in [0.25, 0.3) is 0 Å². The van der Waals surface area contributed by atoms with Crippen LogP contribution in [0.3, 0.4) is 0 Å². The highest BCUT2D eigenvalue weighted by atomic mass is 15.1. The molecule has 1 aliphatic heterocycles. The third-order valence-corrected chi connectivity index (χ3v) is 6.19. The van der Waals surface area contributed by atoms with Gasteiger partial charge in [-0.25, -0.2) is 0 Å². The molecule has 0 N–H and O–H groups in total. The van der Waals surface area contributed by atoms with Gasteiger partial charge in [-0.15, -0.1) is 0 Å². The third kappa shape index (κ3) is 5.29. The number of benzene rings is 3. The zero-order valence-electron chi connectivity index (χ0n) is 18.2. The van der Waals surface area contributed by atoms with Gasteiger partial charge in [0.15, 0.2) is 0 Å². The molecule has 3 aromatic carbocycles. The molecule has 1 fully saturated rings. The second kappa shape index (κ2) is 10.4. The van der Waals surface area contributed by atoms with E-state index in [0.29, 0.717) is 0 Å². The van der Waals surface area contributed by atoms with Crippen LogP contribution in [0.15, 0.2) is 90.5 Å². The Hall–Kier alpha value is -2.64. The van der Waals surface area contributed by atoms with E-state index >= 15 is 0 Å². The number of aryl methyl sites for hydroxylation is 1. The van der Waals surface area contributed by atoms with Gasteiger partial charge in [0.05, 0.1) is 0 Å². The van der Waals surface area contributed by atoms with Crippen molar-refractivity contribution in [3.05, 3.63) is 113 Å².